The maximum absolute atomic E-state index is 11.8. The first-order valence-electron chi connectivity index (χ1n) is 5.44. The molecule has 0 aromatic carbocycles. The predicted molar refractivity (Wildman–Crippen MR) is 62.3 cm³/mol. The number of nitrogens with one attached hydrogen (secondary N) is 1. The first-order chi connectivity index (χ1) is 7.17. The zero-order valence-electron chi connectivity index (χ0n) is 9.28. The maximum Gasteiger partial charge on any atom is 0.214 e. The summed E-state index contributed by atoms with van der Waals surface area (Å²) in [5.41, 5.74) is 0. The van der Waals surface area contributed by atoms with Gasteiger partial charge in [-0.3, -0.25) is 0 Å². The van der Waals surface area contributed by atoms with Gasteiger partial charge in [-0.05, 0) is 32.9 Å². The van der Waals surface area contributed by atoms with Crippen LogP contribution in [0.4, 0.5) is 0 Å². The Bertz CT molecular complexity index is 299. The minimum atomic E-state index is -3.01. The number of sulfonamides is 1. The lowest BCUT2D eigenvalue weighted by Crippen LogP contribution is -2.35. The zero-order chi connectivity index (χ0) is 11.1. The van der Waals surface area contributed by atoms with Crippen molar-refractivity contribution in [1.82, 2.24) is 9.62 Å². The molecule has 0 atom stereocenters. The van der Waals surface area contributed by atoms with Crippen LogP contribution in [0.5, 0.6) is 0 Å². The highest BCUT2D eigenvalue weighted by molar-refractivity contribution is 7.89. The highest BCUT2D eigenvalue weighted by Crippen LogP contribution is 2.09. The van der Waals surface area contributed by atoms with Gasteiger partial charge < -0.3 is 5.32 Å². The molecule has 15 heavy (non-hydrogen) atoms. The quantitative estimate of drug-likeness (QED) is 0.538. The molecule has 1 aliphatic heterocycles. The Labute approximate surface area is 92.4 Å². The second-order valence-electron chi connectivity index (χ2n) is 3.74. The topological polar surface area (TPSA) is 49.4 Å². The summed E-state index contributed by atoms with van der Waals surface area (Å²) in [7, 11) is -1.13. The Kier molecular flexibility index (Phi) is 5.28. The standard InChI is InChI=1S/C10H20N2O2S/c1-11-7-3-6-10-15(13,14)12-8-4-2-5-9-12/h2,4,11H,3,5-10H2,1H3. The normalized spacial score (nSPS) is 18.2. The molecule has 0 unspecified atom stereocenters. The Morgan fingerprint density at radius 3 is 2.73 bits per heavy atom. The molecular weight excluding hydrogens is 212 g/mol. The molecule has 0 aromatic rings. The Morgan fingerprint density at radius 2 is 2.13 bits per heavy atom. The molecule has 1 aliphatic rings. The van der Waals surface area contributed by atoms with Gasteiger partial charge in [-0.15, -0.1) is 0 Å². The Hall–Kier alpha value is -0.390. The van der Waals surface area contributed by atoms with E-state index in [0.717, 1.165) is 25.8 Å². The minimum absolute atomic E-state index is 0.280. The number of hydrogen-bond acceptors (Lipinski definition) is 3. The molecule has 0 saturated heterocycles. The summed E-state index contributed by atoms with van der Waals surface area (Å²) in [6.45, 7) is 2.08. The Morgan fingerprint density at radius 1 is 1.33 bits per heavy atom. The SMILES string of the molecule is CNCCCCS(=O)(=O)N1CC=CCC1. The van der Waals surface area contributed by atoms with Crippen molar-refractivity contribution in [3.8, 4) is 0 Å². The Balaban J connectivity index is 2.34. The number of hydrogen-bond donors (Lipinski definition) is 1. The lowest BCUT2D eigenvalue weighted by Gasteiger charge is -2.22. The van der Waals surface area contributed by atoms with E-state index in [1.165, 1.54) is 0 Å². The summed E-state index contributed by atoms with van der Waals surface area (Å²) < 4.78 is 25.2. The van der Waals surface area contributed by atoms with E-state index in [9.17, 15) is 8.42 Å². The first kappa shape index (κ1) is 12.7. The van der Waals surface area contributed by atoms with Gasteiger partial charge in [0.25, 0.3) is 0 Å². The summed E-state index contributed by atoms with van der Waals surface area (Å²) in [6.07, 6.45) is 6.46. The van der Waals surface area contributed by atoms with Crippen molar-refractivity contribution in [1.29, 1.82) is 0 Å². The van der Waals surface area contributed by atoms with Gasteiger partial charge >= 0.3 is 0 Å². The number of rotatable bonds is 6. The molecule has 5 heteroatoms. The van der Waals surface area contributed by atoms with E-state index in [4.69, 9.17) is 0 Å². The van der Waals surface area contributed by atoms with Gasteiger partial charge in [-0.2, -0.15) is 4.31 Å². The van der Waals surface area contributed by atoms with Gasteiger partial charge in [0.2, 0.25) is 10.0 Å². The van der Waals surface area contributed by atoms with Crippen molar-refractivity contribution in [2.45, 2.75) is 19.3 Å². The van der Waals surface area contributed by atoms with Crippen LogP contribution in [0.2, 0.25) is 0 Å². The van der Waals surface area contributed by atoms with E-state index in [-0.39, 0.29) is 5.75 Å². The van der Waals surface area contributed by atoms with Gasteiger partial charge in [-0.1, -0.05) is 12.2 Å². The molecule has 88 valence electrons. The highest BCUT2D eigenvalue weighted by Gasteiger charge is 2.20. The molecule has 0 fully saturated rings. The van der Waals surface area contributed by atoms with Crippen LogP contribution in [0.1, 0.15) is 19.3 Å². The molecule has 0 spiro atoms. The zero-order valence-corrected chi connectivity index (χ0v) is 10.1. The number of nitrogens with zero attached hydrogens (tertiary/aromatic N) is 1. The molecule has 0 amide bonds. The summed E-state index contributed by atoms with van der Waals surface area (Å²) in [4.78, 5) is 0. The van der Waals surface area contributed by atoms with E-state index in [2.05, 4.69) is 5.32 Å². The first-order valence-corrected chi connectivity index (χ1v) is 7.05. The van der Waals surface area contributed by atoms with E-state index in [0.29, 0.717) is 13.1 Å². The molecule has 1 rings (SSSR count). The fraction of sp³-hybridized carbons (Fsp3) is 0.800. The summed E-state index contributed by atoms with van der Waals surface area (Å²) in [6, 6.07) is 0. The molecule has 0 aliphatic carbocycles. The number of unbranched alkanes of at least 4 members (excludes halogenated alkanes) is 1. The van der Waals surface area contributed by atoms with Crippen molar-refractivity contribution in [3.63, 3.8) is 0 Å². The molecule has 1 heterocycles. The van der Waals surface area contributed by atoms with Crippen molar-refractivity contribution in [2.75, 3.05) is 32.4 Å². The predicted octanol–water partition coefficient (Wildman–Crippen LogP) is 0.578. The largest absolute Gasteiger partial charge is 0.320 e. The second-order valence-corrected chi connectivity index (χ2v) is 5.83. The van der Waals surface area contributed by atoms with Crippen LogP contribution in [-0.4, -0.2) is 45.2 Å². The minimum Gasteiger partial charge on any atom is -0.320 e. The molecule has 0 radical (unpaired) electrons. The third-order valence-corrected chi connectivity index (χ3v) is 4.42. The molecule has 1 N–H and O–H groups in total. The van der Waals surface area contributed by atoms with Crippen molar-refractivity contribution >= 4 is 10.0 Å². The van der Waals surface area contributed by atoms with Gasteiger partial charge in [0, 0.05) is 13.1 Å². The maximum atomic E-state index is 11.8. The fourth-order valence-corrected chi connectivity index (χ4v) is 3.11. The van der Waals surface area contributed by atoms with Gasteiger partial charge in [0.15, 0.2) is 0 Å². The highest BCUT2D eigenvalue weighted by atomic mass is 32.2. The van der Waals surface area contributed by atoms with Crippen LogP contribution in [0.25, 0.3) is 0 Å². The summed E-state index contributed by atoms with van der Waals surface area (Å²) in [5, 5.41) is 3.01. The van der Waals surface area contributed by atoms with Crippen LogP contribution >= 0.6 is 0 Å². The molecular formula is C10H20N2O2S. The average molecular weight is 232 g/mol. The van der Waals surface area contributed by atoms with E-state index >= 15 is 0 Å². The molecule has 0 aromatic heterocycles. The van der Waals surface area contributed by atoms with E-state index in [1.807, 2.05) is 19.2 Å². The van der Waals surface area contributed by atoms with Crippen molar-refractivity contribution in [2.24, 2.45) is 0 Å². The van der Waals surface area contributed by atoms with E-state index in [1.54, 1.807) is 4.31 Å². The second kappa shape index (κ2) is 6.25. The smallest absolute Gasteiger partial charge is 0.214 e. The summed E-state index contributed by atoms with van der Waals surface area (Å²) in [5.74, 6) is 0.280. The van der Waals surface area contributed by atoms with Gasteiger partial charge in [0.05, 0.1) is 5.75 Å². The van der Waals surface area contributed by atoms with Crippen LogP contribution in [-0.2, 0) is 10.0 Å². The van der Waals surface area contributed by atoms with Crippen LogP contribution < -0.4 is 5.32 Å². The van der Waals surface area contributed by atoms with E-state index < -0.39 is 10.0 Å². The lowest BCUT2D eigenvalue weighted by atomic mass is 10.3. The summed E-state index contributed by atoms with van der Waals surface area (Å²) >= 11 is 0. The molecule has 4 nitrogen and oxygen atoms in total. The third kappa shape index (κ3) is 4.32. The monoisotopic (exact) mass is 232 g/mol. The third-order valence-electron chi connectivity index (χ3n) is 2.49. The van der Waals surface area contributed by atoms with Crippen LogP contribution in [0.15, 0.2) is 12.2 Å². The van der Waals surface area contributed by atoms with Crippen LogP contribution in [0.3, 0.4) is 0 Å². The molecule has 0 bridgehead atoms. The van der Waals surface area contributed by atoms with Gasteiger partial charge in [0.1, 0.15) is 0 Å². The fourth-order valence-electron chi connectivity index (χ4n) is 1.59. The van der Waals surface area contributed by atoms with Crippen molar-refractivity contribution in [3.05, 3.63) is 12.2 Å². The van der Waals surface area contributed by atoms with Gasteiger partial charge in [-0.25, -0.2) is 8.42 Å². The molecule has 0 saturated carbocycles. The van der Waals surface area contributed by atoms with Crippen molar-refractivity contribution < 1.29 is 8.42 Å². The lowest BCUT2D eigenvalue weighted by molar-refractivity contribution is 0.436. The average Bonchev–Trinajstić information content (AvgIpc) is 2.26. The van der Waals surface area contributed by atoms with Crippen LogP contribution in [0, 0.1) is 0 Å².